The average Bonchev–Trinajstić information content (AvgIpc) is 2.67. The Morgan fingerprint density at radius 2 is 1.78 bits per heavy atom. The van der Waals surface area contributed by atoms with Crippen LogP contribution in [0.5, 0.6) is 11.5 Å². The molecular weight excluding hydrogens is 340 g/mol. The zero-order valence-electron chi connectivity index (χ0n) is 16.7. The van der Waals surface area contributed by atoms with Crippen LogP contribution in [0.3, 0.4) is 0 Å². The average molecular weight is 370 g/mol. The molecule has 0 saturated carbocycles. The van der Waals surface area contributed by atoms with Crippen LogP contribution in [-0.2, 0) is 13.1 Å². The predicted octanol–water partition coefficient (Wildman–Crippen LogP) is 3.91. The lowest BCUT2D eigenvalue weighted by Crippen LogP contribution is -2.24. The van der Waals surface area contributed by atoms with E-state index in [0.717, 1.165) is 29.0 Å². The summed E-state index contributed by atoms with van der Waals surface area (Å²) in [7, 11) is 1.65. The molecule has 0 aromatic heterocycles. The molecule has 0 heterocycles. The fourth-order valence-electron chi connectivity index (χ4n) is 2.69. The van der Waals surface area contributed by atoms with E-state index < -0.39 is 0 Å². The number of hydrogen-bond acceptors (Lipinski definition) is 4. The van der Waals surface area contributed by atoms with Gasteiger partial charge in [0.15, 0.2) is 11.5 Å². The van der Waals surface area contributed by atoms with Crippen molar-refractivity contribution in [1.82, 2.24) is 10.6 Å². The van der Waals surface area contributed by atoms with Gasteiger partial charge in [-0.1, -0.05) is 25.1 Å². The highest BCUT2D eigenvalue weighted by Gasteiger charge is 2.08. The molecular formula is C22H30N2O3. The summed E-state index contributed by atoms with van der Waals surface area (Å²) in [5.74, 6) is 1.46. The smallest absolute Gasteiger partial charge is 0.251 e. The lowest BCUT2D eigenvalue weighted by molar-refractivity contribution is 0.0953. The maximum absolute atomic E-state index is 12.1. The third-order valence-corrected chi connectivity index (χ3v) is 3.97. The van der Waals surface area contributed by atoms with Gasteiger partial charge in [0.2, 0.25) is 0 Å². The van der Waals surface area contributed by atoms with Gasteiger partial charge in [0.05, 0.1) is 13.2 Å². The molecule has 5 heteroatoms. The summed E-state index contributed by atoms with van der Waals surface area (Å²) < 4.78 is 11.2. The van der Waals surface area contributed by atoms with E-state index in [4.69, 9.17) is 9.47 Å². The highest BCUT2D eigenvalue weighted by molar-refractivity contribution is 5.94. The molecule has 2 N–H and O–H groups in total. The van der Waals surface area contributed by atoms with Crippen molar-refractivity contribution in [2.45, 2.75) is 46.4 Å². The fourth-order valence-corrected chi connectivity index (χ4v) is 2.69. The molecule has 0 spiro atoms. The van der Waals surface area contributed by atoms with Crippen molar-refractivity contribution >= 4 is 5.91 Å². The first-order valence-electron chi connectivity index (χ1n) is 9.45. The van der Waals surface area contributed by atoms with Gasteiger partial charge in [-0.3, -0.25) is 4.79 Å². The van der Waals surface area contributed by atoms with Crippen molar-refractivity contribution in [3.63, 3.8) is 0 Å². The zero-order chi connectivity index (χ0) is 19.6. The number of carbonyl (C=O) groups excluding carboxylic acids is 1. The third-order valence-electron chi connectivity index (χ3n) is 3.97. The van der Waals surface area contributed by atoms with E-state index in [1.165, 1.54) is 0 Å². The normalized spacial score (nSPS) is 10.7. The van der Waals surface area contributed by atoms with Gasteiger partial charge < -0.3 is 20.1 Å². The van der Waals surface area contributed by atoms with Crippen molar-refractivity contribution in [2.75, 3.05) is 13.7 Å². The van der Waals surface area contributed by atoms with Crippen molar-refractivity contribution in [2.24, 2.45) is 0 Å². The Morgan fingerprint density at radius 3 is 2.44 bits per heavy atom. The number of methoxy groups -OCH3 is 1. The molecule has 0 unspecified atom stereocenters. The van der Waals surface area contributed by atoms with E-state index in [0.29, 0.717) is 25.2 Å². The molecule has 2 rings (SSSR count). The Labute approximate surface area is 162 Å². The molecule has 0 atom stereocenters. The van der Waals surface area contributed by atoms with Crippen LogP contribution in [0.2, 0.25) is 0 Å². The van der Waals surface area contributed by atoms with Crippen molar-refractivity contribution in [1.29, 1.82) is 0 Å². The Balaban J connectivity index is 1.93. The molecule has 146 valence electrons. The zero-order valence-corrected chi connectivity index (χ0v) is 16.7. The number of amides is 1. The van der Waals surface area contributed by atoms with Crippen LogP contribution in [0.4, 0.5) is 0 Å². The minimum atomic E-state index is -0.0239. The summed E-state index contributed by atoms with van der Waals surface area (Å²) in [4.78, 5) is 12.1. The van der Waals surface area contributed by atoms with E-state index in [1.54, 1.807) is 7.11 Å². The molecule has 0 aliphatic heterocycles. The number of ether oxygens (including phenoxy) is 2. The number of carbonyl (C=O) groups is 1. The summed E-state index contributed by atoms with van der Waals surface area (Å²) >= 11 is 0. The number of benzene rings is 2. The Morgan fingerprint density at radius 1 is 1.04 bits per heavy atom. The fraction of sp³-hybridized carbons (Fsp3) is 0.409. The van der Waals surface area contributed by atoms with E-state index in [2.05, 4.69) is 10.6 Å². The minimum Gasteiger partial charge on any atom is -0.493 e. The summed E-state index contributed by atoms with van der Waals surface area (Å²) in [6.07, 6.45) is 1.03. The number of hydrogen-bond donors (Lipinski definition) is 2. The van der Waals surface area contributed by atoms with Gasteiger partial charge in [-0.25, -0.2) is 0 Å². The summed E-state index contributed by atoms with van der Waals surface area (Å²) in [5, 5.41) is 6.31. The van der Waals surface area contributed by atoms with Gasteiger partial charge in [0, 0.05) is 25.2 Å². The van der Waals surface area contributed by atoms with Crippen molar-refractivity contribution in [3.8, 4) is 11.5 Å². The SMILES string of the molecule is CCCNC(=O)c1cccc(CNCc2ccc(OC(C)C)c(OC)c2)c1. The Kier molecular flexibility index (Phi) is 8.14. The molecule has 2 aromatic carbocycles. The second kappa shape index (κ2) is 10.6. The van der Waals surface area contributed by atoms with E-state index in [-0.39, 0.29) is 12.0 Å². The lowest BCUT2D eigenvalue weighted by atomic mass is 10.1. The van der Waals surface area contributed by atoms with Gasteiger partial charge in [0.1, 0.15) is 0 Å². The molecule has 27 heavy (non-hydrogen) atoms. The van der Waals surface area contributed by atoms with Gasteiger partial charge >= 0.3 is 0 Å². The standard InChI is InChI=1S/C22H30N2O3/c1-5-11-24-22(25)19-8-6-7-17(12-19)14-23-15-18-9-10-20(27-16(2)3)21(13-18)26-4/h6-10,12-13,16,23H,5,11,14-15H2,1-4H3,(H,24,25). The Hall–Kier alpha value is -2.53. The van der Waals surface area contributed by atoms with Crippen LogP contribution in [-0.4, -0.2) is 25.7 Å². The van der Waals surface area contributed by atoms with Crippen LogP contribution >= 0.6 is 0 Å². The summed E-state index contributed by atoms with van der Waals surface area (Å²) in [6.45, 7) is 8.10. The van der Waals surface area contributed by atoms with Gasteiger partial charge in [-0.05, 0) is 55.7 Å². The van der Waals surface area contributed by atoms with E-state index >= 15 is 0 Å². The largest absolute Gasteiger partial charge is 0.493 e. The second-order valence-electron chi connectivity index (χ2n) is 6.71. The topological polar surface area (TPSA) is 59.6 Å². The quantitative estimate of drug-likeness (QED) is 0.666. The van der Waals surface area contributed by atoms with Crippen LogP contribution in [0.25, 0.3) is 0 Å². The maximum atomic E-state index is 12.1. The van der Waals surface area contributed by atoms with Gasteiger partial charge in [-0.2, -0.15) is 0 Å². The highest BCUT2D eigenvalue weighted by atomic mass is 16.5. The molecule has 0 bridgehead atoms. The maximum Gasteiger partial charge on any atom is 0.251 e. The van der Waals surface area contributed by atoms with Crippen LogP contribution in [0, 0.1) is 0 Å². The van der Waals surface area contributed by atoms with Crippen LogP contribution < -0.4 is 20.1 Å². The molecule has 2 aromatic rings. The summed E-state index contributed by atoms with van der Waals surface area (Å²) in [5.41, 5.74) is 2.88. The van der Waals surface area contributed by atoms with E-state index in [9.17, 15) is 4.79 Å². The molecule has 0 aliphatic rings. The molecule has 5 nitrogen and oxygen atoms in total. The number of nitrogens with one attached hydrogen (secondary N) is 2. The first kappa shape index (κ1) is 20.8. The number of rotatable bonds is 10. The molecule has 1 amide bonds. The first-order chi connectivity index (χ1) is 13.0. The monoisotopic (exact) mass is 370 g/mol. The first-order valence-corrected chi connectivity index (χ1v) is 9.45. The second-order valence-corrected chi connectivity index (χ2v) is 6.71. The third kappa shape index (κ3) is 6.61. The Bertz CT molecular complexity index is 744. The minimum absolute atomic E-state index is 0.0239. The molecule has 0 saturated heterocycles. The van der Waals surface area contributed by atoms with Gasteiger partial charge in [0.25, 0.3) is 5.91 Å². The van der Waals surface area contributed by atoms with E-state index in [1.807, 2.05) is 63.2 Å². The molecule has 0 aliphatic carbocycles. The molecule has 0 fully saturated rings. The van der Waals surface area contributed by atoms with Crippen molar-refractivity contribution < 1.29 is 14.3 Å². The summed E-state index contributed by atoms with van der Waals surface area (Å²) in [6, 6.07) is 13.7. The van der Waals surface area contributed by atoms with Gasteiger partial charge in [-0.15, -0.1) is 0 Å². The van der Waals surface area contributed by atoms with Crippen LogP contribution in [0.1, 0.15) is 48.7 Å². The lowest BCUT2D eigenvalue weighted by Gasteiger charge is -2.15. The molecule has 0 radical (unpaired) electrons. The van der Waals surface area contributed by atoms with Crippen LogP contribution in [0.15, 0.2) is 42.5 Å². The highest BCUT2D eigenvalue weighted by Crippen LogP contribution is 2.28. The van der Waals surface area contributed by atoms with Crippen molar-refractivity contribution in [3.05, 3.63) is 59.2 Å². The predicted molar refractivity (Wildman–Crippen MR) is 108 cm³/mol.